The summed E-state index contributed by atoms with van der Waals surface area (Å²) in [6.45, 7) is 5.65. The Hall–Kier alpha value is -2.17. The van der Waals surface area contributed by atoms with Gasteiger partial charge in [-0.25, -0.2) is 0 Å². The average molecular weight is 592 g/mol. The minimum absolute atomic E-state index is 0.0832. The van der Waals surface area contributed by atoms with E-state index in [1.165, 1.54) is 6.42 Å². The maximum atomic E-state index is 14.2. The van der Waals surface area contributed by atoms with Crippen LogP contribution in [0.4, 0.5) is 5.69 Å². The zero-order valence-corrected chi connectivity index (χ0v) is 24.2. The van der Waals surface area contributed by atoms with Crippen LogP contribution in [0, 0.1) is 11.8 Å². The van der Waals surface area contributed by atoms with E-state index in [0.717, 1.165) is 38.8 Å². The Balaban J connectivity index is 1.29. The van der Waals surface area contributed by atoms with E-state index in [1.807, 2.05) is 19.1 Å². The van der Waals surface area contributed by atoms with Crippen molar-refractivity contribution in [2.75, 3.05) is 44.7 Å². The molecule has 3 unspecified atom stereocenters. The van der Waals surface area contributed by atoms with E-state index in [9.17, 15) is 14.4 Å². The molecule has 1 saturated carbocycles. The number of benzene rings is 1. The van der Waals surface area contributed by atoms with Crippen LogP contribution < -0.4 is 10.6 Å². The monoisotopic (exact) mass is 590 g/mol. The van der Waals surface area contributed by atoms with Gasteiger partial charge >= 0.3 is 0 Å². The lowest BCUT2D eigenvalue weighted by Crippen LogP contribution is -2.57. The van der Waals surface area contributed by atoms with E-state index in [2.05, 4.69) is 15.5 Å². The van der Waals surface area contributed by atoms with Gasteiger partial charge < -0.3 is 25.0 Å². The van der Waals surface area contributed by atoms with Gasteiger partial charge in [0.1, 0.15) is 11.6 Å². The van der Waals surface area contributed by atoms with Crippen LogP contribution in [0.15, 0.2) is 30.4 Å². The van der Waals surface area contributed by atoms with Gasteiger partial charge in [0, 0.05) is 37.9 Å². The van der Waals surface area contributed by atoms with Crippen LogP contribution in [0.3, 0.4) is 0 Å². The molecule has 5 aliphatic rings. The number of morpholine rings is 1. The number of ether oxygens (including phenoxy) is 2. The standard InChI is InChI=1S/C29H36Cl2N4O5/c1-28-9-10-29(40-28)23(22(28)25(36)33-19-7-8-20(30)21(31)17-19)27(38)35(12-11-34-13-15-39-16-14-34)24(29)26(37)32-18-5-3-2-4-6-18/h7-10,17-18,22-24H,2-6,11-16H2,1H3,(H,32,37)(H,33,36)/t22?,23-,24?,28-,29?/m1/s1. The van der Waals surface area contributed by atoms with E-state index in [1.54, 1.807) is 23.1 Å². The molecular formula is C29H36Cl2N4O5. The molecule has 216 valence electrons. The fourth-order valence-corrected chi connectivity index (χ4v) is 7.56. The van der Waals surface area contributed by atoms with E-state index in [4.69, 9.17) is 32.7 Å². The summed E-state index contributed by atoms with van der Waals surface area (Å²) < 4.78 is 12.1. The summed E-state index contributed by atoms with van der Waals surface area (Å²) in [5.41, 5.74) is -1.76. The maximum absolute atomic E-state index is 14.2. The Bertz CT molecular complexity index is 1220. The van der Waals surface area contributed by atoms with Crippen molar-refractivity contribution >= 4 is 46.6 Å². The molecule has 0 radical (unpaired) electrons. The van der Waals surface area contributed by atoms with Gasteiger partial charge in [-0.1, -0.05) is 54.6 Å². The first-order valence-electron chi connectivity index (χ1n) is 14.3. The third-order valence-electron chi connectivity index (χ3n) is 9.23. The summed E-state index contributed by atoms with van der Waals surface area (Å²) in [5, 5.41) is 6.85. The molecule has 4 heterocycles. The van der Waals surface area contributed by atoms with Crippen molar-refractivity contribution < 1.29 is 23.9 Å². The summed E-state index contributed by atoms with van der Waals surface area (Å²) in [7, 11) is 0. The third kappa shape index (κ3) is 4.83. The van der Waals surface area contributed by atoms with Crippen molar-refractivity contribution in [1.82, 2.24) is 15.1 Å². The van der Waals surface area contributed by atoms with Crippen LogP contribution >= 0.6 is 23.2 Å². The molecule has 2 N–H and O–H groups in total. The van der Waals surface area contributed by atoms with Crippen molar-refractivity contribution in [2.24, 2.45) is 11.8 Å². The number of nitrogens with one attached hydrogen (secondary N) is 2. The Labute approximate surface area is 244 Å². The molecule has 40 heavy (non-hydrogen) atoms. The van der Waals surface area contributed by atoms with Crippen molar-refractivity contribution in [3.63, 3.8) is 0 Å². The number of fused-ring (bicyclic) bond motifs is 1. The molecule has 1 spiro atoms. The number of likely N-dealkylation sites (tertiary alicyclic amines) is 1. The van der Waals surface area contributed by atoms with Crippen molar-refractivity contribution in [3.8, 4) is 0 Å². The van der Waals surface area contributed by atoms with Crippen molar-refractivity contribution in [1.29, 1.82) is 0 Å². The van der Waals surface area contributed by atoms with Crippen LogP contribution in [0.5, 0.6) is 0 Å². The maximum Gasteiger partial charge on any atom is 0.246 e. The number of nitrogens with zero attached hydrogens (tertiary/aromatic N) is 2. The van der Waals surface area contributed by atoms with Crippen molar-refractivity contribution in [2.45, 2.75) is 62.3 Å². The molecule has 0 aromatic heterocycles. The number of halogens is 2. The highest BCUT2D eigenvalue weighted by atomic mass is 35.5. The number of hydrogen-bond acceptors (Lipinski definition) is 6. The summed E-state index contributed by atoms with van der Waals surface area (Å²) in [4.78, 5) is 45.9. The summed E-state index contributed by atoms with van der Waals surface area (Å²) in [6, 6.07) is 4.09. The molecule has 5 atom stereocenters. The predicted octanol–water partition coefficient (Wildman–Crippen LogP) is 3.25. The third-order valence-corrected chi connectivity index (χ3v) is 9.97. The molecule has 1 aliphatic carbocycles. The fraction of sp³-hybridized carbons (Fsp3) is 0.621. The van der Waals surface area contributed by atoms with Crippen LogP contribution in [0.25, 0.3) is 0 Å². The molecule has 2 bridgehead atoms. The van der Waals surface area contributed by atoms with Crippen LogP contribution in [-0.4, -0.2) is 90.2 Å². The van der Waals surface area contributed by atoms with E-state index < -0.39 is 29.1 Å². The van der Waals surface area contributed by atoms with Gasteiger partial charge in [-0.3, -0.25) is 19.3 Å². The first-order valence-corrected chi connectivity index (χ1v) is 15.0. The quantitative estimate of drug-likeness (QED) is 0.473. The molecule has 4 aliphatic heterocycles. The van der Waals surface area contributed by atoms with Crippen molar-refractivity contribution in [3.05, 3.63) is 40.4 Å². The van der Waals surface area contributed by atoms with Gasteiger partial charge in [-0.05, 0) is 38.0 Å². The number of anilines is 1. The minimum Gasteiger partial charge on any atom is -0.379 e. The van der Waals surface area contributed by atoms with Gasteiger partial charge in [-0.2, -0.15) is 0 Å². The smallest absolute Gasteiger partial charge is 0.246 e. The molecular weight excluding hydrogens is 555 g/mol. The molecule has 1 aromatic carbocycles. The molecule has 11 heteroatoms. The molecule has 4 fully saturated rings. The topological polar surface area (TPSA) is 100 Å². The van der Waals surface area contributed by atoms with Crippen LogP contribution in [0.2, 0.25) is 10.0 Å². The van der Waals surface area contributed by atoms with E-state index in [-0.39, 0.29) is 23.8 Å². The second-order valence-electron chi connectivity index (χ2n) is 11.8. The number of rotatable bonds is 7. The second-order valence-corrected chi connectivity index (χ2v) is 12.6. The van der Waals surface area contributed by atoms with Gasteiger partial charge in [0.05, 0.1) is 40.7 Å². The number of carbonyl (C=O) groups excluding carboxylic acids is 3. The Morgan fingerprint density at radius 1 is 1.02 bits per heavy atom. The number of amides is 3. The number of carbonyl (C=O) groups is 3. The first kappa shape index (κ1) is 28.0. The van der Waals surface area contributed by atoms with Crippen LogP contribution in [-0.2, 0) is 23.9 Å². The largest absolute Gasteiger partial charge is 0.379 e. The number of hydrogen-bond donors (Lipinski definition) is 2. The zero-order chi connectivity index (χ0) is 28.1. The summed E-state index contributed by atoms with van der Waals surface area (Å²) in [5.74, 6) is -2.43. The Morgan fingerprint density at radius 3 is 2.50 bits per heavy atom. The van der Waals surface area contributed by atoms with Crippen LogP contribution in [0.1, 0.15) is 39.0 Å². The Morgan fingerprint density at radius 2 is 1.77 bits per heavy atom. The highest BCUT2D eigenvalue weighted by Crippen LogP contribution is 2.59. The van der Waals surface area contributed by atoms with Gasteiger partial charge in [0.2, 0.25) is 17.7 Å². The lowest BCUT2D eigenvalue weighted by molar-refractivity contribution is -0.144. The van der Waals surface area contributed by atoms with Gasteiger partial charge in [0.15, 0.2) is 0 Å². The predicted molar refractivity (Wildman–Crippen MR) is 151 cm³/mol. The Kier molecular flexibility index (Phi) is 7.63. The van der Waals surface area contributed by atoms with Gasteiger partial charge in [-0.15, -0.1) is 0 Å². The minimum atomic E-state index is -1.21. The molecule has 1 aromatic rings. The highest BCUT2D eigenvalue weighted by molar-refractivity contribution is 6.42. The zero-order valence-electron chi connectivity index (χ0n) is 22.7. The molecule has 3 saturated heterocycles. The van der Waals surface area contributed by atoms with E-state index >= 15 is 0 Å². The first-order chi connectivity index (χ1) is 19.2. The highest BCUT2D eigenvalue weighted by Gasteiger charge is 2.76. The normalized spacial score (nSPS) is 33.8. The lowest BCUT2D eigenvalue weighted by atomic mass is 9.70. The second kappa shape index (κ2) is 10.9. The average Bonchev–Trinajstić information content (AvgIpc) is 3.51. The van der Waals surface area contributed by atoms with E-state index in [0.29, 0.717) is 42.0 Å². The molecule has 6 rings (SSSR count). The summed E-state index contributed by atoms with van der Waals surface area (Å²) in [6.07, 6.45) is 8.90. The fourth-order valence-electron chi connectivity index (χ4n) is 7.26. The summed E-state index contributed by atoms with van der Waals surface area (Å²) >= 11 is 12.2. The molecule has 3 amide bonds. The SMILES string of the molecule is C[C@]12C=CC3(O1)C(C(=O)NC1CCCCC1)N(CCN1CCOCC1)C(=O)[C@H]3C2C(=O)Nc1ccc(Cl)c(Cl)c1. The van der Waals surface area contributed by atoms with Gasteiger partial charge in [0.25, 0.3) is 0 Å². The lowest BCUT2D eigenvalue weighted by Gasteiger charge is -2.36. The molecule has 9 nitrogen and oxygen atoms in total.